The van der Waals surface area contributed by atoms with Crippen LogP contribution in [0.25, 0.3) is 0 Å². The van der Waals surface area contributed by atoms with Crippen LogP contribution in [0.2, 0.25) is 0 Å². The second-order valence-corrected chi connectivity index (χ2v) is 3.11. The third-order valence-electron chi connectivity index (χ3n) is 1.56. The monoisotopic (exact) mass is 280 g/mol. The van der Waals surface area contributed by atoms with Crippen molar-refractivity contribution in [2.24, 2.45) is 0 Å². The Morgan fingerprint density at radius 1 is 0.938 bits per heavy atom. The van der Waals surface area contributed by atoms with E-state index in [-0.39, 0.29) is 0 Å². The molecule has 1 aliphatic heterocycles. The van der Waals surface area contributed by atoms with Crippen LogP contribution in [0.4, 0.5) is 35.1 Å². The Morgan fingerprint density at radius 3 is 1.44 bits per heavy atom. The summed E-state index contributed by atoms with van der Waals surface area (Å²) in [5.41, 5.74) is -3.18. The second-order valence-electron chi connectivity index (χ2n) is 2.71. The lowest BCUT2D eigenvalue weighted by molar-refractivity contribution is -0.461. The van der Waals surface area contributed by atoms with Crippen molar-refractivity contribution in [2.45, 2.75) is 29.8 Å². The molecule has 0 N–H and O–H groups in total. The van der Waals surface area contributed by atoms with Crippen LogP contribution in [0.3, 0.4) is 0 Å². The molecule has 1 saturated heterocycles. The Kier molecular flexibility index (Phi) is 2.85. The van der Waals surface area contributed by atoms with Gasteiger partial charge in [-0.15, -0.1) is 0 Å². The van der Waals surface area contributed by atoms with Crippen LogP contribution in [0.5, 0.6) is 0 Å². The van der Waals surface area contributed by atoms with E-state index in [9.17, 15) is 35.1 Å². The van der Waals surface area contributed by atoms with E-state index in [1.807, 2.05) is 0 Å². The van der Waals surface area contributed by atoms with Crippen molar-refractivity contribution in [3.8, 4) is 0 Å². The first-order valence-electron chi connectivity index (χ1n) is 3.37. The average Bonchev–Trinajstić information content (AvgIpc) is 2.21. The summed E-state index contributed by atoms with van der Waals surface area (Å²) in [5, 5.41) is 0. The van der Waals surface area contributed by atoms with Gasteiger partial charge in [-0.1, -0.05) is 11.6 Å². The van der Waals surface area contributed by atoms with Gasteiger partial charge in [-0.2, -0.15) is 35.1 Å². The smallest absolute Gasteiger partial charge is 0.306 e. The van der Waals surface area contributed by atoms with Crippen molar-refractivity contribution in [3.63, 3.8) is 0 Å². The maximum Gasteiger partial charge on any atom is 0.453 e. The SMILES string of the molecule is FC1(F)OC(C(F)(F)F)(C(F)(F)F)OC1Cl. The van der Waals surface area contributed by atoms with Crippen LogP contribution in [-0.4, -0.2) is 29.8 Å². The van der Waals surface area contributed by atoms with Gasteiger partial charge in [-0.3, -0.25) is 4.74 Å². The van der Waals surface area contributed by atoms with Crippen molar-refractivity contribution in [2.75, 3.05) is 0 Å². The van der Waals surface area contributed by atoms with E-state index in [0.717, 1.165) is 0 Å². The molecule has 1 fully saturated rings. The number of hydrogen-bond donors (Lipinski definition) is 0. The van der Waals surface area contributed by atoms with Crippen molar-refractivity contribution in [3.05, 3.63) is 0 Å². The van der Waals surface area contributed by atoms with Gasteiger partial charge >= 0.3 is 24.2 Å². The molecule has 0 bridgehead atoms. The Balaban J connectivity index is 3.22. The number of halogens is 9. The van der Waals surface area contributed by atoms with Gasteiger partial charge in [0, 0.05) is 0 Å². The number of ether oxygens (including phenoxy) is 2. The molecule has 1 aliphatic rings. The Morgan fingerprint density at radius 2 is 1.31 bits per heavy atom. The van der Waals surface area contributed by atoms with Crippen LogP contribution < -0.4 is 0 Å². The summed E-state index contributed by atoms with van der Waals surface area (Å²) in [6, 6.07) is 0. The summed E-state index contributed by atoms with van der Waals surface area (Å²) < 4.78 is 103. The fraction of sp³-hybridized carbons (Fsp3) is 1.00. The van der Waals surface area contributed by atoms with E-state index in [0.29, 0.717) is 0 Å². The summed E-state index contributed by atoms with van der Waals surface area (Å²) in [4.78, 5) is 0. The molecule has 0 saturated carbocycles. The minimum Gasteiger partial charge on any atom is -0.306 e. The zero-order valence-electron chi connectivity index (χ0n) is 6.80. The van der Waals surface area contributed by atoms with E-state index in [1.54, 1.807) is 0 Å². The van der Waals surface area contributed by atoms with Gasteiger partial charge in [0.1, 0.15) is 0 Å². The van der Waals surface area contributed by atoms with E-state index in [2.05, 4.69) is 21.1 Å². The highest BCUT2D eigenvalue weighted by atomic mass is 35.5. The highest BCUT2D eigenvalue weighted by Crippen LogP contribution is 2.55. The van der Waals surface area contributed by atoms with E-state index in [4.69, 9.17) is 0 Å². The molecular formula is C5HClF8O2. The highest BCUT2D eigenvalue weighted by molar-refractivity contribution is 6.20. The topological polar surface area (TPSA) is 18.5 Å². The van der Waals surface area contributed by atoms with Crippen LogP contribution in [-0.2, 0) is 9.47 Å². The first kappa shape index (κ1) is 13.7. The summed E-state index contributed by atoms with van der Waals surface area (Å²) in [7, 11) is 0. The van der Waals surface area contributed by atoms with Gasteiger partial charge in [-0.05, 0) is 0 Å². The van der Waals surface area contributed by atoms with E-state index < -0.39 is 29.8 Å². The number of hydrogen-bond acceptors (Lipinski definition) is 2. The summed E-state index contributed by atoms with van der Waals surface area (Å²) in [6.45, 7) is 0. The molecule has 0 aromatic carbocycles. The zero-order chi connectivity index (χ0) is 13.0. The minimum atomic E-state index is -6.24. The molecule has 1 unspecified atom stereocenters. The first-order chi connectivity index (χ1) is 6.83. The Hall–Kier alpha value is -0.350. The Labute approximate surface area is 87.0 Å². The van der Waals surface area contributed by atoms with Crippen molar-refractivity contribution in [1.29, 1.82) is 0 Å². The highest BCUT2D eigenvalue weighted by Gasteiger charge is 2.82. The van der Waals surface area contributed by atoms with Gasteiger partial charge in [0.15, 0.2) is 0 Å². The lowest BCUT2D eigenvalue weighted by Crippen LogP contribution is -2.58. The first-order valence-corrected chi connectivity index (χ1v) is 3.80. The maximum absolute atomic E-state index is 12.4. The molecule has 0 amide bonds. The molecule has 0 radical (unpaired) electrons. The van der Waals surface area contributed by atoms with Gasteiger partial charge < -0.3 is 4.74 Å². The maximum atomic E-state index is 12.4. The van der Waals surface area contributed by atoms with E-state index >= 15 is 0 Å². The second kappa shape index (κ2) is 3.33. The lowest BCUT2D eigenvalue weighted by Gasteiger charge is -2.30. The van der Waals surface area contributed by atoms with Crippen molar-refractivity contribution in [1.82, 2.24) is 0 Å². The fourth-order valence-corrected chi connectivity index (χ4v) is 1.06. The largest absolute Gasteiger partial charge is 0.453 e. The van der Waals surface area contributed by atoms with Gasteiger partial charge in [0.2, 0.25) is 5.56 Å². The third-order valence-corrected chi connectivity index (χ3v) is 1.90. The minimum absolute atomic E-state index is 2.64. The molecule has 0 aliphatic carbocycles. The quantitative estimate of drug-likeness (QED) is 0.502. The summed E-state index contributed by atoms with van der Waals surface area (Å²) in [6.07, 6.45) is -17.4. The summed E-state index contributed by atoms with van der Waals surface area (Å²) >= 11 is 4.50. The molecular weight excluding hydrogens is 279 g/mol. The molecule has 96 valence electrons. The van der Waals surface area contributed by atoms with E-state index in [1.165, 1.54) is 0 Å². The van der Waals surface area contributed by atoms with Crippen LogP contribution in [0.15, 0.2) is 0 Å². The predicted octanol–water partition coefficient (Wildman–Crippen LogP) is 3.01. The van der Waals surface area contributed by atoms with Crippen LogP contribution in [0, 0.1) is 0 Å². The fourth-order valence-electron chi connectivity index (χ4n) is 0.886. The average molecular weight is 280 g/mol. The molecule has 1 heterocycles. The summed E-state index contributed by atoms with van der Waals surface area (Å²) in [5.74, 6) is -5.41. The molecule has 1 rings (SSSR count). The van der Waals surface area contributed by atoms with Gasteiger partial charge in [0.05, 0.1) is 0 Å². The predicted molar refractivity (Wildman–Crippen MR) is 31.6 cm³/mol. The number of alkyl halides is 9. The molecule has 1 atom stereocenters. The Bertz CT molecular complexity index is 269. The molecule has 0 aromatic rings. The van der Waals surface area contributed by atoms with Crippen molar-refractivity contribution < 1.29 is 44.6 Å². The molecule has 16 heavy (non-hydrogen) atoms. The molecule has 2 nitrogen and oxygen atoms in total. The third kappa shape index (κ3) is 1.82. The molecule has 0 spiro atoms. The van der Waals surface area contributed by atoms with Gasteiger partial charge in [0.25, 0.3) is 0 Å². The van der Waals surface area contributed by atoms with Crippen molar-refractivity contribution >= 4 is 11.6 Å². The zero-order valence-corrected chi connectivity index (χ0v) is 7.55. The molecule has 0 aromatic heterocycles. The normalized spacial score (nSPS) is 29.4. The lowest BCUT2D eigenvalue weighted by atomic mass is 10.2. The van der Waals surface area contributed by atoms with Crippen LogP contribution in [0.1, 0.15) is 0 Å². The standard InChI is InChI=1S/C5HClF8O2/c6-1-2(7,8)16-3(15-1,4(9,10)11)5(12,13)14/h1H. The number of rotatable bonds is 0. The van der Waals surface area contributed by atoms with Crippen LogP contribution >= 0.6 is 11.6 Å². The van der Waals surface area contributed by atoms with Gasteiger partial charge in [-0.25, -0.2) is 0 Å². The molecule has 11 heteroatoms.